The Morgan fingerprint density at radius 2 is 1.65 bits per heavy atom. The minimum absolute atomic E-state index is 0.0714. The molecule has 1 aliphatic heterocycles. The Morgan fingerprint density at radius 3 is 2.24 bits per heavy atom. The van der Waals surface area contributed by atoms with Crippen molar-refractivity contribution in [2.45, 2.75) is 57.5 Å². The summed E-state index contributed by atoms with van der Waals surface area (Å²) in [5.41, 5.74) is 4.52. The SMILES string of the molecule is CC(C)CCC(NC(=O)OCC1c2ccccc2-c2ccccc21)C(=O)N1CCC[C@@H]1C(=O)O. The van der Waals surface area contributed by atoms with Crippen molar-refractivity contribution >= 4 is 18.0 Å². The second-order valence-corrected chi connectivity index (χ2v) is 9.52. The molecule has 1 unspecified atom stereocenters. The molecule has 7 nitrogen and oxygen atoms in total. The van der Waals surface area contributed by atoms with Crippen LogP contribution >= 0.6 is 0 Å². The molecule has 0 radical (unpaired) electrons. The quantitative estimate of drug-likeness (QED) is 0.604. The first-order valence-corrected chi connectivity index (χ1v) is 12.0. The second kappa shape index (κ2) is 10.3. The van der Waals surface area contributed by atoms with Gasteiger partial charge < -0.3 is 20.1 Å². The van der Waals surface area contributed by atoms with Gasteiger partial charge in [0, 0.05) is 12.5 Å². The Labute approximate surface area is 200 Å². The lowest BCUT2D eigenvalue weighted by atomic mass is 9.98. The summed E-state index contributed by atoms with van der Waals surface area (Å²) in [5.74, 6) is -1.08. The van der Waals surface area contributed by atoms with Crippen LogP contribution in [0.4, 0.5) is 4.79 Å². The fourth-order valence-corrected chi connectivity index (χ4v) is 5.03. The molecule has 2 aromatic rings. The molecular formula is C27H32N2O5. The van der Waals surface area contributed by atoms with Crippen molar-refractivity contribution in [3.05, 3.63) is 59.7 Å². The second-order valence-electron chi connectivity index (χ2n) is 9.52. The smallest absolute Gasteiger partial charge is 0.407 e. The first-order chi connectivity index (χ1) is 16.4. The van der Waals surface area contributed by atoms with Gasteiger partial charge in [-0.2, -0.15) is 0 Å². The van der Waals surface area contributed by atoms with Gasteiger partial charge in [0.25, 0.3) is 0 Å². The third kappa shape index (κ3) is 4.93. The highest BCUT2D eigenvalue weighted by Crippen LogP contribution is 2.44. The molecule has 2 N–H and O–H groups in total. The van der Waals surface area contributed by atoms with Crippen LogP contribution in [-0.4, -0.2) is 53.2 Å². The predicted molar refractivity (Wildman–Crippen MR) is 128 cm³/mol. The monoisotopic (exact) mass is 464 g/mol. The minimum atomic E-state index is -1.00. The molecule has 2 atom stereocenters. The summed E-state index contributed by atoms with van der Waals surface area (Å²) in [7, 11) is 0. The summed E-state index contributed by atoms with van der Waals surface area (Å²) in [6.45, 7) is 4.64. The van der Waals surface area contributed by atoms with E-state index < -0.39 is 24.1 Å². The summed E-state index contributed by atoms with van der Waals surface area (Å²) >= 11 is 0. The van der Waals surface area contributed by atoms with Gasteiger partial charge in [0.05, 0.1) is 0 Å². The lowest BCUT2D eigenvalue weighted by Gasteiger charge is -2.27. The molecule has 2 amide bonds. The molecule has 0 spiro atoms. The molecule has 1 saturated heterocycles. The number of carboxylic acids is 1. The van der Waals surface area contributed by atoms with Crippen molar-refractivity contribution in [3.8, 4) is 11.1 Å². The van der Waals surface area contributed by atoms with E-state index in [0.717, 1.165) is 28.7 Å². The van der Waals surface area contributed by atoms with Gasteiger partial charge in [0.2, 0.25) is 5.91 Å². The zero-order chi connectivity index (χ0) is 24.2. The number of alkyl carbamates (subject to hydrolysis) is 1. The third-order valence-corrected chi connectivity index (χ3v) is 6.79. The van der Waals surface area contributed by atoms with Gasteiger partial charge in [-0.3, -0.25) is 4.79 Å². The van der Waals surface area contributed by atoms with Crippen molar-refractivity contribution in [1.82, 2.24) is 10.2 Å². The largest absolute Gasteiger partial charge is 0.480 e. The minimum Gasteiger partial charge on any atom is -0.480 e. The van der Waals surface area contributed by atoms with Crippen LogP contribution in [0.2, 0.25) is 0 Å². The maximum absolute atomic E-state index is 13.2. The maximum atomic E-state index is 13.2. The predicted octanol–water partition coefficient (Wildman–Crippen LogP) is 4.41. The van der Waals surface area contributed by atoms with Crippen LogP contribution in [0.15, 0.2) is 48.5 Å². The molecule has 2 aliphatic rings. The number of hydrogen-bond acceptors (Lipinski definition) is 4. The summed E-state index contributed by atoms with van der Waals surface area (Å²) in [6.07, 6.45) is 1.58. The summed E-state index contributed by atoms with van der Waals surface area (Å²) < 4.78 is 5.63. The standard InChI is InChI=1S/C27H32N2O5/c1-17(2)13-14-23(25(30)29-15-7-12-24(29)26(31)32)28-27(33)34-16-22-20-10-5-3-8-18(20)19-9-4-6-11-21(19)22/h3-6,8-11,17,22-24H,7,12-16H2,1-2H3,(H,28,33)(H,31,32)/t23?,24-/m1/s1. The van der Waals surface area contributed by atoms with E-state index in [-0.39, 0.29) is 18.4 Å². The van der Waals surface area contributed by atoms with Gasteiger partial charge in [-0.1, -0.05) is 62.4 Å². The number of nitrogens with zero attached hydrogens (tertiary/aromatic N) is 1. The topological polar surface area (TPSA) is 95.9 Å². The summed E-state index contributed by atoms with van der Waals surface area (Å²) in [6, 6.07) is 14.6. The zero-order valence-electron chi connectivity index (χ0n) is 19.7. The average Bonchev–Trinajstić information content (AvgIpc) is 3.43. The molecule has 2 aromatic carbocycles. The van der Waals surface area contributed by atoms with E-state index in [0.29, 0.717) is 31.7 Å². The normalized spacial score (nSPS) is 17.9. The highest BCUT2D eigenvalue weighted by atomic mass is 16.5. The lowest BCUT2D eigenvalue weighted by molar-refractivity contribution is -0.149. The molecule has 0 aromatic heterocycles. The van der Waals surface area contributed by atoms with Gasteiger partial charge in [-0.15, -0.1) is 0 Å². The molecule has 34 heavy (non-hydrogen) atoms. The van der Waals surface area contributed by atoms with Crippen molar-refractivity contribution in [2.75, 3.05) is 13.2 Å². The van der Waals surface area contributed by atoms with Crippen LogP contribution in [-0.2, 0) is 14.3 Å². The van der Waals surface area contributed by atoms with Crippen LogP contribution in [0.3, 0.4) is 0 Å². The van der Waals surface area contributed by atoms with Crippen LogP contribution in [0, 0.1) is 5.92 Å². The Kier molecular flexibility index (Phi) is 7.20. The Morgan fingerprint density at radius 1 is 1.03 bits per heavy atom. The van der Waals surface area contributed by atoms with Crippen LogP contribution < -0.4 is 5.32 Å². The van der Waals surface area contributed by atoms with E-state index in [2.05, 4.69) is 29.6 Å². The Balaban J connectivity index is 1.44. The molecule has 1 heterocycles. The van der Waals surface area contributed by atoms with E-state index >= 15 is 0 Å². The van der Waals surface area contributed by atoms with Crippen LogP contribution in [0.1, 0.15) is 56.6 Å². The molecule has 0 saturated carbocycles. The number of amides is 2. The van der Waals surface area contributed by atoms with Crippen LogP contribution in [0.25, 0.3) is 11.1 Å². The lowest BCUT2D eigenvalue weighted by Crippen LogP contribution is -2.52. The molecule has 1 aliphatic carbocycles. The maximum Gasteiger partial charge on any atom is 0.407 e. The number of carbonyl (C=O) groups is 3. The van der Waals surface area contributed by atoms with E-state index in [1.54, 1.807) is 0 Å². The number of hydrogen-bond donors (Lipinski definition) is 2. The van der Waals surface area contributed by atoms with Gasteiger partial charge >= 0.3 is 12.1 Å². The molecular weight excluding hydrogens is 432 g/mol. The van der Waals surface area contributed by atoms with Crippen molar-refractivity contribution in [3.63, 3.8) is 0 Å². The Hall–Kier alpha value is -3.35. The number of ether oxygens (including phenoxy) is 1. The molecule has 180 valence electrons. The number of nitrogens with one attached hydrogen (secondary N) is 1. The highest BCUT2D eigenvalue weighted by molar-refractivity contribution is 5.89. The Bertz CT molecular complexity index is 1020. The van der Waals surface area contributed by atoms with Gasteiger partial charge in [-0.25, -0.2) is 9.59 Å². The molecule has 0 bridgehead atoms. The zero-order valence-corrected chi connectivity index (χ0v) is 19.7. The van der Waals surface area contributed by atoms with Crippen molar-refractivity contribution in [1.29, 1.82) is 0 Å². The first-order valence-electron chi connectivity index (χ1n) is 12.0. The van der Waals surface area contributed by atoms with Gasteiger partial charge in [0.15, 0.2) is 0 Å². The number of likely N-dealkylation sites (tertiary alicyclic amines) is 1. The first kappa shape index (κ1) is 23.8. The highest BCUT2D eigenvalue weighted by Gasteiger charge is 2.38. The molecule has 7 heteroatoms. The van der Waals surface area contributed by atoms with E-state index in [1.165, 1.54) is 4.90 Å². The van der Waals surface area contributed by atoms with E-state index in [1.807, 2.05) is 38.1 Å². The summed E-state index contributed by atoms with van der Waals surface area (Å²) in [5, 5.41) is 12.2. The van der Waals surface area contributed by atoms with Crippen LogP contribution in [0.5, 0.6) is 0 Å². The summed E-state index contributed by atoms with van der Waals surface area (Å²) in [4.78, 5) is 38.9. The third-order valence-electron chi connectivity index (χ3n) is 6.79. The van der Waals surface area contributed by atoms with E-state index in [9.17, 15) is 19.5 Å². The van der Waals surface area contributed by atoms with Crippen molar-refractivity contribution < 1.29 is 24.2 Å². The van der Waals surface area contributed by atoms with Gasteiger partial charge in [0.1, 0.15) is 18.7 Å². The average molecular weight is 465 g/mol. The van der Waals surface area contributed by atoms with Crippen molar-refractivity contribution in [2.24, 2.45) is 5.92 Å². The van der Waals surface area contributed by atoms with E-state index in [4.69, 9.17) is 4.74 Å². The molecule has 1 fully saturated rings. The number of rotatable bonds is 8. The number of carboxylic acid groups (broad SMARTS) is 1. The fraction of sp³-hybridized carbons (Fsp3) is 0.444. The number of benzene rings is 2. The number of fused-ring (bicyclic) bond motifs is 3. The fourth-order valence-electron chi connectivity index (χ4n) is 5.03. The number of carbonyl (C=O) groups excluding carboxylic acids is 2. The molecule has 4 rings (SSSR count). The number of aliphatic carboxylic acids is 1. The van der Waals surface area contributed by atoms with Gasteiger partial charge in [-0.05, 0) is 53.9 Å².